The lowest BCUT2D eigenvalue weighted by Gasteiger charge is -1.99. The molecule has 0 saturated heterocycles. The molecule has 0 radical (unpaired) electrons. The second-order valence-electron chi connectivity index (χ2n) is 3.68. The average molecular weight is 347 g/mol. The number of rotatable bonds is 6. The second kappa shape index (κ2) is 8.12. The Morgan fingerprint density at radius 1 is 1.47 bits per heavy atom. The molecule has 0 saturated carbocycles. The van der Waals surface area contributed by atoms with E-state index in [-0.39, 0.29) is 0 Å². The summed E-state index contributed by atoms with van der Waals surface area (Å²) in [5.74, 6) is -0.832. The van der Waals surface area contributed by atoms with Crippen molar-refractivity contribution in [3.63, 3.8) is 0 Å². The Bertz CT molecular complexity index is 479. The van der Waals surface area contributed by atoms with Crippen LogP contribution in [0.5, 0.6) is 0 Å². The molecule has 4 nitrogen and oxygen atoms in total. The smallest absolute Gasteiger partial charge is 0.348 e. The van der Waals surface area contributed by atoms with E-state index in [1.807, 2.05) is 6.92 Å². The van der Waals surface area contributed by atoms with Crippen LogP contribution < -0.4 is 0 Å². The normalized spacial score (nSPS) is 10.7. The fourth-order valence-corrected chi connectivity index (χ4v) is 2.80. The minimum atomic E-state index is -0.422. The van der Waals surface area contributed by atoms with Gasteiger partial charge in [-0.25, -0.2) is 9.59 Å². The lowest BCUT2D eigenvalue weighted by Crippen LogP contribution is -2.02. The average Bonchev–Trinajstić information content (AvgIpc) is 2.77. The molecule has 0 aliphatic rings. The topological polar surface area (TPSA) is 52.6 Å². The zero-order chi connectivity index (χ0) is 14.3. The Morgan fingerprint density at radius 2 is 2.21 bits per heavy atom. The van der Waals surface area contributed by atoms with E-state index < -0.39 is 11.9 Å². The lowest BCUT2D eigenvalue weighted by molar-refractivity contribution is -0.137. The number of unbranched alkanes of at least 4 members (excludes halogenated alkanes) is 1. The van der Waals surface area contributed by atoms with Crippen molar-refractivity contribution in [3.8, 4) is 0 Å². The quantitative estimate of drug-likeness (QED) is 0.448. The third-order valence-electron chi connectivity index (χ3n) is 2.24. The summed E-state index contributed by atoms with van der Waals surface area (Å²) < 4.78 is 10.5. The van der Waals surface area contributed by atoms with Gasteiger partial charge in [0, 0.05) is 11.6 Å². The summed E-state index contributed by atoms with van der Waals surface area (Å²) in [7, 11) is 1.32. The van der Waals surface area contributed by atoms with Crippen molar-refractivity contribution in [3.05, 3.63) is 26.4 Å². The first-order chi connectivity index (χ1) is 9.08. The van der Waals surface area contributed by atoms with Crippen LogP contribution in [0.2, 0.25) is 0 Å². The zero-order valence-electron chi connectivity index (χ0n) is 10.8. The molecule has 0 atom stereocenters. The molecule has 1 aromatic rings. The Morgan fingerprint density at radius 3 is 2.84 bits per heavy atom. The predicted molar refractivity (Wildman–Crippen MR) is 78.3 cm³/mol. The first-order valence-corrected chi connectivity index (χ1v) is 7.42. The second-order valence-corrected chi connectivity index (χ2v) is 6.11. The zero-order valence-corrected chi connectivity index (χ0v) is 13.2. The highest BCUT2D eigenvalue weighted by molar-refractivity contribution is 9.11. The number of thiophene rings is 1. The third-order valence-corrected chi connectivity index (χ3v) is 3.88. The maximum atomic E-state index is 11.5. The van der Waals surface area contributed by atoms with Gasteiger partial charge in [-0.05, 0) is 34.5 Å². The monoisotopic (exact) mass is 346 g/mol. The number of carbonyl (C=O) groups excluding carboxylic acids is 2. The van der Waals surface area contributed by atoms with Crippen LogP contribution in [0.25, 0.3) is 6.08 Å². The van der Waals surface area contributed by atoms with Crippen LogP contribution in [-0.2, 0) is 14.3 Å². The molecule has 1 heterocycles. The highest BCUT2D eigenvalue weighted by atomic mass is 79.9. The molecule has 0 aromatic carbocycles. The molecule has 0 unspecified atom stereocenters. The minimum absolute atomic E-state index is 0.411. The van der Waals surface area contributed by atoms with Gasteiger partial charge in [-0.1, -0.05) is 13.3 Å². The van der Waals surface area contributed by atoms with Crippen molar-refractivity contribution in [1.29, 1.82) is 0 Å². The molecule has 0 fully saturated rings. The summed E-state index contributed by atoms with van der Waals surface area (Å²) >= 11 is 4.56. The standard InChI is InChI=1S/C13H15BrO4S/c1-3-4-7-18-11(15)6-5-9-8-10(14)19-12(9)13(16)17-2/h5-6,8H,3-4,7H2,1-2H3/b6-5+. The van der Waals surface area contributed by atoms with Gasteiger partial charge in [0.05, 0.1) is 17.5 Å². The maximum Gasteiger partial charge on any atom is 0.348 e. The highest BCUT2D eigenvalue weighted by Crippen LogP contribution is 2.28. The molecule has 0 spiro atoms. The van der Waals surface area contributed by atoms with Crippen molar-refractivity contribution in [2.45, 2.75) is 19.8 Å². The summed E-state index contributed by atoms with van der Waals surface area (Å²) in [4.78, 5) is 23.4. The van der Waals surface area contributed by atoms with Gasteiger partial charge in [0.15, 0.2) is 0 Å². The molecular formula is C13H15BrO4S. The van der Waals surface area contributed by atoms with Gasteiger partial charge >= 0.3 is 11.9 Å². The Balaban J connectivity index is 2.70. The number of halogens is 1. The summed E-state index contributed by atoms with van der Waals surface area (Å²) in [6.45, 7) is 2.44. The van der Waals surface area contributed by atoms with E-state index in [1.54, 1.807) is 12.1 Å². The van der Waals surface area contributed by atoms with Crippen LogP contribution in [-0.4, -0.2) is 25.7 Å². The number of methoxy groups -OCH3 is 1. The highest BCUT2D eigenvalue weighted by Gasteiger charge is 2.14. The van der Waals surface area contributed by atoms with Crippen LogP contribution in [0.1, 0.15) is 35.0 Å². The summed E-state index contributed by atoms with van der Waals surface area (Å²) in [5.41, 5.74) is 0.635. The fraction of sp³-hybridized carbons (Fsp3) is 0.385. The van der Waals surface area contributed by atoms with Crippen molar-refractivity contribution in [1.82, 2.24) is 0 Å². The van der Waals surface area contributed by atoms with Crippen molar-refractivity contribution < 1.29 is 19.1 Å². The van der Waals surface area contributed by atoms with Crippen LogP contribution in [0.4, 0.5) is 0 Å². The first kappa shape index (κ1) is 15.9. The van der Waals surface area contributed by atoms with Crippen LogP contribution in [0.3, 0.4) is 0 Å². The van der Waals surface area contributed by atoms with E-state index in [4.69, 9.17) is 4.74 Å². The lowest BCUT2D eigenvalue weighted by atomic mass is 10.2. The number of hydrogen-bond acceptors (Lipinski definition) is 5. The Kier molecular flexibility index (Phi) is 6.80. The largest absolute Gasteiger partial charge is 0.465 e. The third kappa shape index (κ3) is 5.16. The van der Waals surface area contributed by atoms with Gasteiger partial charge in [-0.2, -0.15) is 0 Å². The predicted octanol–water partition coefficient (Wildman–Crippen LogP) is 3.65. The van der Waals surface area contributed by atoms with E-state index in [2.05, 4.69) is 20.7 Å². The van der Waals surface area contributed by atoms with E-state index in [1.165, 1.54) is 24.5 Å². The van der Waals surface area contributed by atoms with Crippen molar-refractivity contribution in [2.24, 2.45) is 0 Å². The molecule has 0 amide bonds. The van der Waals surface area contributed by atoms with E-state index in [0.717, 1.165) is 16.6 Å². The molecule has 19 heavy (non-hydrogen) atoms. The minimum Gasteiger partial charge on any atom is -0.465 e. The van der Waals surface area contributed by atoms with E-state index in [9.17, 15) is 9.59 Å². The number of hydrogen-bond donors (Lipinski definition) is 0. The summed E-state index contributed by atoms with van der Waals surface area (Å²) in [6, 6.07) is 1.76. The molecule has 0 aliphatic carbocycles. The van der Waals surface area contributed by atoms with Gasteiger partial charge in [-0.15, -0.1) is 11.3 Å². The van der Waals surface area contributed by atoms with Gasteiger partial charge < -0.3 is 9.47 Å². The van der Waals surface area contributed by atoms with E-state index in [0.29, 0.717) is 17.0 Å². The Hall–Kier alpha value is -1.14. The van der Waals surface area contributed by atoms with E-state index >= 15 is 0 Å². The van der Waals surface area contributed by atoms with Gasteiger partial charge in [-0.3, -0.25) is 0 Å². The van der Waals surface area contributed by atoms with Crippen LogP contribution in [0.15, 0.2) is 15.9 Å². The molecule has 1 aromatic heterocycles. The fourth-order valence-electron chi connectivity index (χ4n) is 1.27. The molecule has 0 N–H and O–H groups in total. The SMILES string of the molecule is CCCCOC(=O)/C=C/c1cc(Br)sc1C(=O)OC. The first-order valence-electron chi connectivity index (χ1n) is 5.81. The molecule has 0 aliphatic heterocycles. The maximum absolute atomic E-state index is 11.5. The number of carbonyl (C=O) groups is 2. The van der Waals surface area contributed by atoms with Crippen LogP contribution >= 0.6 is 27.3 Å². The van der Waals surface area contributed by atoms with Gasteiger partial charge in [0.25, 0.3) is 0 Å². The van der Waals surface area contributed by atoms with Gasteiger partial charge in [0.1, 0.15) is 4.88 Å². The van der Waals surface area contributed by atoms with Crippen molar-refractivity contribution in [2.75, 3.05) is 13.7 Å². The summed E-state index contributed by atoms with van der Waals surface area (Å²) in [5, 5.41) is 0. The molecule has 0 bridgehead atoms. The molecule has 6 heteroatoms. The number of ether oxygens (including phenoxy) is 2. The molecule has 104 valence electrons. The number of esters is 2. The summed E-state index contributed by atoms with van der Waals surface area (Å²) in [6.07, 6.45) is 4.69. The molecule has 1 rings (SSSR count). The Labute approximate surface area is 124 Å². The van der Waals surface area contributed by atoms with Gasteiger partial charge in [0.2, 0.25) is 0 Å². The van der Waals surface area contributed by atoms with Crippen LogP contribution in [0, 0.1) is 0 Å². The molecular weight excluding hydrogens is 332 g/mol. The van der Waals surface area contributed by atoms with Crippen molar-refractivity contribution >= 4 is 45.3 Å².